The summed E-state index contributed by atoms with van der Waals surface area (Å²) in [5, 5.41) is -4.29. The summed E-state index contributed by atoms with van der Waals surface area (Å²) in [7, 11) is 0. The number of hydrogen-bond donors (Lipinski definition) is 0. The Morgan fingerprint density at radius 1 is 0.342 bits per heavy atom. The minimum atomic E-state index is -2.62. The lowest BCUT2D eigenvalue weighted by molar-refractivity contribution is 0.381. The van der Waals surface area contributed by atoms with Crippen LogP contribution >= 0.6 is 0 Å². The largest absolute Gasteiger partial charge is 0.207 e. The van der Waals surface area contributed by atoms with Crippen LogP contribution in [0.2, 0.25) is 0 Å². The monoisotopic (exact) mass is 546 g/mol. The molecular formula is C26H6F12. The molecule has 0 spiro atoms. The van der Waals surface area contributed by atoms with Crippen molar-refractivity contribution in [3.05, 3.63) is 106 Å². The average Bonchev–Trinajstić information content (AvgIpc) is 2.89. The SMILES string of the molecule is Fc1ccc2c(-c3ccc(F)c(F)c3)c3c(F)c(F)c(F)c(F)c3c(-c3c(F)c(F)c(F)c(F)c3F)c2c1. The Balaban J connectivity index is 2.18. The van der Waals surface area contributed by atoms with Crippen molar-refractivity contribution in [1.29, 1.82) is 0 Å². The Hall–Kier alpha value is -4.22. The van der Waals surface area contributed by atoms with Crippen LogP contribution in [-0.2, 0) is 0 Å². The Morgan fingerprint density at radius 2 is 0.842 bits per heavy atom. The van der Waals surface area contributed by atoms with Crippen LogP contribution in [0.4, 0.5) is 52.7 Å². The van der Waals surface area contributed by atoms with Crippen LogP contribution in [0.3, 0.4) is 0 Å². The van der Waals surface area contributed by atoms with Gasteiger partial charge in [0.05, 0.1) is 5.56 Å². The molecule has 0 aromatic heterocycles. The third-order valence-corrected chi connectivity index (χ3v) is 5.96. The van der Waals surface area contributed by atoms with Crippen LogP contribution in [-0.4, -0.2) is 0 Å². The van der Waals surface area contributed by atoms with Crippen LogP contribution in [0.25, 0.3) is 43.8 Å². The summed E-state index contributed by atoms with van der Waals surface area (Å²) in [6, 6.07) is 3.63. The van der Waals surface area contributed by atoms with Crippen molar-refractivity contribution in [2.45, 2.75) is 0 Å². The molecule has 0 bridgehead atoms. The van der Waals surface area contributed by atoms with Crippen molar-refractivity contribution >= 4 is 21.5 Å². The van der Waals surface area contributed by atoms with Gasteiger partial charge < -0.3 is 0 Å². The maximum absolute atomic E-state index is 15.3. The van der Waals surface area contributed by atoms with E-state index in [1.807, 2.05) is 0 Å². The van der Waals surface area contributed by atoms with Gasteiger partial charge in [-0.1, -0.05) is 12.1 Å². The normalized spacial score (nSPS) is 11.7. The number of fused-ring (bicyclic) bond motifs is 2. The Kier molecular flexibility index (Phi) is 5.80. The van der Waals surface area contributed by atoms with Gasteiger partial charge in [-0.15, -0.1) is 0 Å². The molecular weight excluding hydrogens is 540 g/mol. The first kappa shape index (κ1) is 25.4. The molecule has 5 aromatic rings. The van der Waals surface area contributed by atoms with Crippen molar-refractivity contribution in [3.8, 4) is 22.3 Å². The van der Waals surface area contributed by atoms with E-state index in [0.717, 1.165) is 12.1 Å². The molecule has 38 heavy (non-hydrogen) atoms. The molecule has 5 rings (SSSR count). The molecule has 0 aliphatic carbocycles. The number of benzene rings is 5. The molecule has 5 aromatic carbocycles. The first-order valence-corrected chi connectivity index (χ1v) is 10.2. The van der Waals surface area contributed by atoms with Crippen molar-refractivity contribution in [2.24, 2.45) is 0 Å². The van der Waals surface area contributed by atoms with Crippen molar-refractivity contribution in [1.82, 2.24) is 0 Å². The zero-order chi connectivity index (χ0) is 27.8. The van der Waals surface area contributed by atoms with E-state index in [4.69, 9.17) is 0 Å². The molecule has 0 fully saturated rings. The highest BCUT2D eigenvalue weighted by Gasteiger charge is 2.34. The molecule has 0 aliphatic heterocycles. The third kappa shape index (κ3) is 3.42. The van der Waals surface area contributed by atoms with Crippen LogP contribution in [0.15, 0.2) is 36.4 Å². The van der Waals surface area contributed by atoms with Gasteiger partial charge in [0.2, 0.25) is 5.82 Å². The number of halogens is 12. The highest BCUT2D eigenvalue weighted by molar-refractivity contribution is 6.21. The lowest BCUT2D eigenvalue weighted by atomic mass is 9.84. The van der Waals surface area contributed by atoms with Crippen molar-refractivity contribution in [2.75, 3.05) is 0 Å². The second-order valence-electron chi connectivity index (χ2n) is 8.02. The smallest absolute Gasteiger partial charge is 0.200 e. The third-order valence-electron chi connectivity index (χ3n) is 5.96. The first-order valence-electron chi connectivity index (χ1n) is 10.2. The molecule has 0 atom stereocenters. The zero-order valence-electron chi connectivity index (χ0n) is 18.0. The maximum Gasteiger partial charge on any atom is 0.200 e. The van der Waals surface area contributed by atoms with Gasteiger partial charge in [0, 0.05) is 21.9 Å². The second-order valence-corrected chi connectivity index (χ2v) is 8.02. The molecule has 0 aliphatic rings. The predicted octanol–water partition coefficient (Wildman–Crippen LogP) is 9.00. The number of rotatable bonds is 2. The Bertz CT molecular complexity index is 1810. The molecule has 0 nitrogen and oxygen atoms in total. The van der Waals surface area contributed by atoms with E-state index in [1.54, 1.807) is 0 Å². The molecule has 0 N–H and O–H groups in total. The lowest BCUT2D eigenvalue weighted by Crippen LogP contribution is -2.07. The van der Waals surface area contributed by atoms with E-state index in [-0.39, 0.29) is 0 Å². The summed E-state index contributed by atoms with van der Waals surface area (Å²) in [4.78, 5) is 0. The summed E-state index contributed by atoms with van der Waals surface area (Å²) in [5.74, 6) is -26.5. The van der Waals surface area contributed by atoms with Gasteiger partial charge in [-0.2, -0.15) is 0 Å². The molecule has 0 heterocycles. The minimum Gasteiger partial charge on any atom is -0.207 e. The maximum atomic E-state index is 15.3. The van der Waals surface area contributed by atoms with Gasteiger partial charge in [-0.3, -0.25) is 0 Å². The van der Waals surface area contributed by atoms with Crippen LogP contribution in [0.1, 0.15) is 0 Å². The summed E-state index contributed by atoms with van der Waals surface area (Å²) in [5.41, 5.74) is -4.55. The van der Waals surface area contributed by atoms with Gasteiger partial charge >= 0.3 is 0 Å². The van der Waals surface area contributed by atoms with Crippen LogP contribution in [0, 0.1) is 69.8 Å². The fraction of sp³-hybridized carbons (Fsp3) is 0. The van der Waals surface area contributed by atoms with E-state index in [9.17, 15) is 43.9 Å². The van der Waals surface area contributed by atoms with Gasteiger partial charge in [-0.25, -0.2) is 52.7 Å². The molecule has 0 unspecified atom stereocenters. The summed E-state index contributed by atoms with van der Waals surface area (Å²) in [6.07, 6.45) is 0. The molecule has 194 valence electrons. The fourth-order valence-electron chi connectivity index (χ4n) is 4.35. The predicted molar refractivity (Wildman–Crippen MR) is 112 cm³/mol. The second kappa shape index (κ2) is 8.67. The van der Waals surface area contributed by atoms with Gasteiger partial charge in [-0.05, 0) is 40.6 Å². The average molecular weight is 546 g/mol. The van der Waals surface area contributed by atoms with E-state index in [0.29, 0.717) is 24.3 Å². The molecule has 0 saturated heterocycles. The highest BCUT2D eigenvalue weighted by atomic mass is 19.2. The molecule has 0 saturated carbocycles. The van der Waals surface area contributed by atoms with E-state index in [1.165, 1.54) is 0 Å². The van der Waals surface area contributed by atoms with E-state index in [2.05, 4.69) is 0 Å². The molecule has 0 radical (unpaired) electrons. The zero-order valence-corrected chi connectivity index (χ0v) is 18.0. The summed E-state index contributed by atoms with van der Waals surface area (Å²) >= 11 is 0. The Morgan fingerprint density at radius 3 is 1.39 bits per heavy atom. The number of hydrogen-bond acceptors (Lipinski definition) is 0. The van der Waals surface area contributed by atoms with Crippen LogP contribution in [0.5, 0.6) is 0 Å². The van der Waals surface area contributed by atoms with Crippen molar-refractivity contribution in [3.63, 3.8) is 0 Å². The van der Waals surface area contributed by atoms with Gasteiger partial charge in [0.1, 0.15) is 5.82 Å². The minimum absolute atomic E-state index is 0.421. The quantitative estimate of drug-likeness (QED) is 0.0898. The lowest BCUT2D eigenvalue weighted by Gasteiger charge is -2.20. The van der Waals surface area contributed by atoms with Crippen molar-refractivity contribution < 1.29 is 52.7 Å². The fourth-order valence-corrected chi connectivity index (χ4v) is 4.35. The first-order chi connectivity index (χ1) is 17.9. The van der Waals surface area contributed by atoms with Gasteiger partial charge in [0.15, 0.2) is 58.2 Å². The van der Waals surface area contributed by atoms with Crippen LogP contribution < -0.4 is 0 Å². The standard InChI is InChI=1S/C26H6F12/c27-8-2-3-9-10(6-8)14(17-20(32)24(36)26(38)25(37)21(17)33)16-15(18(30)22(34)23(35)19(16)31)13(9)7-1-4-11(28)12(29)5-7/h1-6H. The summed E-state index contributed by atoms with van der Waals surface area (Å²) < 4.78 is 173. The topological polar surface area (TPSA) is 0 Å². The van der Waals surface area contributed by atoms with Gasteiger partial charge in [0.25, 0.3) is 0 Å². The van der Waals surface area contributed by atoms with E-state index < -0.39 is 114 Å². The highest BCUT2D eigenvalue weighted by Crippen LogP contribution is 2.48. The Labute approximate surface area is 203 Å². The van der Waals surface area contributed by atoms with E-state index >= 15 is 8.78 Å². The molecule has 12 heteroatoms. The molecule has 0 amide bonds. The summed E-state index contributed by atoms with van der Waals surface area (Å²) in [6.45, 7) is 0.